The van der Waals surface area contributed by atoms with E-state index < -0.39 is 0 Å². The normalized spacial score (nSPS) is 13.4. The highest BCUT2D eigenvalue weighted by atomic mass is 16.5. The Morgan fingerprint density at radius 3 is 2.74 bits per heavy atom. The Balaban J connectivity index is 2.20. The lowest BCUT2D eigenvalue weighted by Gasteiger charge is -2.22. The highest BCUT2D eigenvalue weighted by Crippen LogP contribution is 2.31. The molecule has 0 saturated heterocycles. The molecule has 5 nitrogen and oxygen atoms in total. The number of nitrogens with one attached hydrogen (secondary N) is 1. The molecule has 0 aromatic carbocycles. The van der Waals surface area contributed by atoms with Crippen molar-refractivity contribution in [1.82, 2.24) is 4.98 Å². The van der Waals surface area contributed by atoms with Crippen LogP contribution in [0.15, 0.2) is 0 Å². The van der Waals surface area contributed by atoms with Crippen molar-refractivity contribution in [1.29, 1.82) is 5.26 Å². The van der Waals surface area contributed by atoms with Crippen LogP contribution in [0.25, 0.3) is 0 Å². The average Bonchev–Trinajstić information content (AvgIpc) is 2.59. The number of hydrogen-bond donors (Lipinski definition) is 2. The topological polar surface area (TPSA) is 78.2 Å². The zero-order chi connectivity index (χ0) is 16.5. The smallest absolute Gasteiger partial charge is 0.144 e. The van der Waals surface area contributed by atoms with E-state index in [0.29, 0.717) is 31.1 Å². The first-order valence-electron chi connectivity index (χ1n) is 8.69. The van der Waals surface area contributed by atoms with Crippen molar-refractivity contribution in [3.05, 3.63) is 22.4 Å². The molecule has 0 atom stereocenters. The van der Waals surface area contributed by atoms with Gasteiger partial charge in [-0.15, -0.1) is 0 Å². The van der Waals surface area contributed by atoms with Gasteiger partial charge in [0.1, 0.15) is 11.9 Å². The molecule has 0 unspecified atom stereocenters. The number of hydrogen-bond acceptors (Lipinski definition) is 5. The van der Waals surface area contributed by atoms with Crippen LogP contribution in [0.2, 0.25) is 0 Å². The average molecular weight is 317 g/mol. The molecular weight excluding hydrogens is 290 g/mol. The van der Waals surface area contributed by atoms with Crippen LogP contribution in [0.4, 0.5) is 5.82 Å². The number of aliphatic hydroxyl groups excluding tert-OH is 1. The zero-order valence-electron chi connectivity index (χ0n) is 14.0. The van der Waals surface area contributed by atoms with Gasteiger partial charge in [-0.2, -0.15) is 5.26 Å². The van der Waals surface area contributed by atoms with E-state index in [0.717, 1.165) is 38.5 Å². The predicted molar refractivity (Wildman–Crippen MR) is 90.6 cm³/mol. The van der Waals surface area contributed by atoms with Crippen LogP contribution < -0.4 is 5.32 Å². The lowest BCUT2D eigenvalue weighted by molar-refractivity contribution is 0.0992. The maximum absolute atomic E-state index is 9.59. The van der Waals surface area contributed by atoms with E-state index in [1.165, 1.54) is 23.2 Å². The van der Waals surface area contributed by atoms with E-state index in [1.54, 1.807) is 0 Å². The third-order valence-electron chi connectivity index (χ3n) is 4.25. The summed E-state index contributed by atoms with van der Waals surface area (Å²) in [6.07, 6.45) is 7.64. The molecule has 126 valence electrons. The van der Waals surface area contributed by atoms with Crippen LogP contribution in [0.3, 0.4) is 0 Å². The molecule has 0 fully saturated rings. The maximum Gasteiger partial charge on any atom is 0.144 e. The SMILES string of the molecule is CCCCc1nc(NCCOCCO)c(C#N)c2c1CCCC2. The Bertz CT molecular complexity index is 552. The second kappa shape index (κ2) is 9.49. The minimum atomic E-state index is 0.0295. The molecule has 0 saturated carbocycles. The van der Waals surface area contributed by atoms with Crippen LogP contribution in [-0.4, -0.2) is 36.5 Å². The molecule has 1 aromatic rings. The number of rotatable bonds is 9. The third kappa shape index (κ3) is 4.66. The number of aromatic nitrogens is 1. The molecule has 0 amide bonds. The highest BCUT2D eigenvalue weighted by Gasteiger charge is 2.21. The minimum absolute atomic E-state index is 0.0295. The number of nitriles is 1. The number of ether oxygens (including phenoxy) is 1. The summed E-state index contributed by atoms with van der Waals surface area (Å²) in [5.74, 6) is 0.701. The van der Waals surface area contributed by atoms with Gasteiger partial charge in [0, 0.05) is 12.2 Å². The molecular formula is C18H27N3O2. The van der Waals surface area contributed by atoms with E-state index in [1.807, 2.05) is 0 Å². The summed E-state index contributed by atoms with van der Waals surface area (Å²) < 4.78 is 5.26. The molecule has 1 aromatic heterocycles. The first-order valence-corrected chi connectivity index (χ1v) is 8.69. The molecule has 1 aliphatic rings. The van der Waals surface area contributed by atoms with E-state index in [2.05, 4.69) is 18.3 Å². The van der Waals surface area contributed by atoms with E-state index in [4.69, 9.17) is 14.8 Å². The summed E-state index contributed by atoms with van der Waals surface area (Å²) in [5.41, 5.74) is 4.41. The van der Waals surface area contributed by atoms with Crippen LogP contribution >= 0.6 is 0 Å². The minimum Gasteiger partial charge on any atom is -0.394 e. The lowest BCUT2D eigenvalue weighted by Crippen LogP contribution is -2.17. The Morgan fingerprint density at radius 2 is 2.04 bits per heavy atom. The third-order valence-corrected chi connectivity index (χ3v) is 4.25. The van der Waals surface area contributed by atoms with Gasteiger partial charge in [-0.3, -0.25) is 0 Å². The molecule has 0 radical (unpaired) electrons. The molecule has 2 N–H and O–H groups in total. The van der Waals surface area contributed by atoms with Crippen LogP contribution in [0.5, 0.6) is 0 Å². The Labute approximate surface area is 138 Å². The molecule has 1 heterocycles. The van der Waals surface area contributed by atoms with Crippen LogP contribution in [-0.2, 0) is 24.0 Å². The lowest BCUT2D eigenvalue weighted by atomic mass is 9.86. The standard InChI is InChI=1S/C18H27N3O2/c1-2-3-8-17-15-7-5-4-6-14(15)16(13-19)18(21-17)20-9-11-23-12-10-22/h22H,2-12H2,1H3,(H,20,21). The summed E-state index contributed by atoms with van der Waals surface area (Å²) >= 11 is 0. The van der Waals surface area contributed by atoms with Crippen molar-refractivity contribution >= 4 is 5.82 Å². The number of aryl methyl sites for hydroxylation is 1. The van der Waals surface area contributed by atoms with Gasteiger partial charge in [-0.05, 0) is 49.7 Å². The second-order valence-electron chi connectivity index (χ2n) is 5.92. The number of anilines is 1. The van der Waals surface area contributed by atoms with Crippen molar-refractivity contribution < 1.29 is 9.84 Å². The fourth-order valence-electron chi connectivity index (χ4n) is 3.11. The van der Waals surface area contributed by atoms with Crippen molar-refractivity contribution in [3.63, 3.8) is 0 Å². The summed E-state index contributed by atoms with van der Waals surface area (Å²) in [6.45, 7) is 3.64. The maximum atomic E-state index is 9.59. The van der Waals surface area contributed by atoms with E-state index in [-0.39, 0.29) is 6.61 Å². The van der Waals surface area contributed by atoms with Gasteiger partial charge in [0.25, 0.3) is 0 Å². The van der Waals surface area contributed by atoms with Gasteiger partial charge < -0.3 is 15.2 Å². The molecule has 5 heteroatoms. The number of fused-ring (bicyclic) bond motifs is 1. The largest absolute Gasteiger partial charge is 0.394 e. The number of nitrogens with zero attached hydrogens (tertiary/aromatic N) is 2. The fraction of sp³-hybridized carbons (Fsp3) is 0.667. The number of aliphatic hydroxyl groups is 1. The molecule has 0 bridgehead atoms. The number of unbranched alkanes of at least 4 members (excludes halogenated alkanes) is 1. The van der Waals surface area contributed by atoms with Gasteiger partial charge >= 0.3 is 0 Å². The van der Waals surface area contributed by atoms with Crippen molar-refractivity contribution in [2.45, 2.75) is 51.9 Å². The summed E-state index contributed by atoms with van der Waals surface area (Å²) in [7, 11) is 0. The first kappa shape index (κ1) is 17.7. The monoisotopic (exact) mass is 317 g/mol. The molecule has 0 aliphatic heterocycles. The Kier molecular flexibility index (Phi) is 7.31. The van der Waals surface area contributed by atoms with E-state index in [9.17, 15) is 5.26 Å². The molecule has 2 rings (SSSR count). The quantitative estimate of drug-likeness (QED) is 0.685. The summed E-state index contributed by atoms with van der Waals surface area (Å²) in [5, 5.41) is 21.6. The van der Waals surface area contributed by atoms with Crippen LogP contribution in [0, 0.1) is 11.3 Å². The van der Waals surface area contributed by atoms with Gasteiger partial charge in [0.2, 0.25) is 0 Å². The molecule has 1 aliphatic carbocycles. The first-order chi connectivity index (χ1) is 11.3. The zero-order valence-corrected chi connectivity index (χ0v) is 14.0. The Morgan fingerprint density at radius 1 is 1.26 bits per heavy atom. The van der Waals surface area contributed by atoms with Crippen molar-refractivity contribution in [2.75, 3.05) is 31.7 Å². The number of pyridine rings is 1. The van der Waals surface area contributed by atoms with E-state index >= 15 is 0 Å². The van der Waals surface area contributed by atoms with Crippen LogP contribution in [0.1, 0.15) is 55.0 Å². The molecule has 23 heavy (non-hydrogen) atoms. The van der Waals surface area contributed by atoms with Gasteiger partial charge in [0.05, 0.1) is 25.4 Å². The summed E-state index contributed by atoms with van der Waals surface area (Å²) in [4.78, 5) is 4.77. The molecule has 0 spiro atoms. The van der Waals surface area contributed by atoms with Gasteiger partial charge in [0.15, 0.2) is 0 Å². The van der Waals surface area contributed by atoms with Crippen molar-refractivity contribution in [2.24, 2.45) is 0 Å². The second-order valence-corrected chi connectivity index (χ2v) is 5.92. The van der Waals surface area contributed by atoms with Crippen molar-refractivity contribution in [3.8, 4) is 6.07 Å². The fourth-order valence-corrected chi connectivity index (χ4v) is 3.11. The predicted octanol–water partition coefficient (Wildman–Crippen LogP) is 2.60. The van der Waals surface area contributed by atoms with Gasteiger partial charge in [-0.25, -0.2) is 4.98 Å². The van der Waals surface area contributed by atoms with Gasteiger partial charge in [-0.1, -0.05) is 13.3 Å². The summed E-state index contributed by atoms with van der Waals surface area (Å²) in [6, 6.07) is 2.35. The Hall–Kier alpha value is -1.64. The highest BCUT2D eigenvalue weighted by molar-refractivity contribution is 5.60.